The van der Waals surface area contributed by atoms with Crippen LogP contribution in [0.15, 0.2) is 24.3 Å². The van der Waals surface area contributed by atoms with E-state index in [1.165, 1.54) is 0 Å². The molecule has 104 valence electrons. The molecule has 0 spiro atoms. The molecule has 2 rings (SSSR count). The van der Waals surface area contributed by atoms with Crippen LogP contribution in [0.25, 0.3) is 0 Å². The van der Waals surface area contributed by atoms with Crippen molar-refractivity contribution in [2.45, 2.75) is 4.87 Å². The minimum Gasteiger partial charge on any atom is -0.493 e. The van der Waals surface area contributed by atoms with Crippen molar-refractivity contribution in [1.82, 2.24) is 5.32 Å². The van der Waals surface area contributed by atoms with Gasteiger partial charge in [0.15, 0.2) is 22.2 Å². The summed E-state index contributed by atoms with van der Waals surface area (Å²) in [7, 11) is 1.59. The largest absolute Gasteiger partial charge is 0.493 e. The molecule has 0 amide bonds. The number of ether oxygens (including phenoxy) is 2. The Bertz CT molecular complexity index is 449. The first-order chi connectivity index (χ1) is 9.22. The van der Waals surface area contributed by atoms with Crippen LogP contribution in [-0.4, -0.2) is 42.5 Å². The minimum absolute atomic E-state index is 0.0186. The van der Waals surface area contributed by atoms with E-state index in [-0.39, 0.29) is 18.3 Å². The van der Waals surface area contributed by atoms with Gasteiger partial charge in [0.25, 0.3) is 0 Å². The van der Waals surface area contributed by atoms with Gasteiger partial charge in [0.2, 0.25) is 0 Å². The number of nitrogens with one attached hydrogen (secondary N) is 1. The molecule has 4 nitrogen and oxygen atoms in total. The minimum atomic E-state index is -0.734. The van der Waals surface area contributed by atoms with Crippen LogP contribution in [0.4, 0.5) is 0 Å². The second-order valence-corrected chi connectivity index (χ2v) is 5.76. The number of thioether (sulfide) groups is 1. The van der Waals surface area contributed by atoms with E-state index in [4.69, 9.17) is 21.1 Å². The fraction of sp³-hybridized carbons (Fsp3) is 0.462. The molecule has 1 heterocycles. The summed E-state index contributed by atoms with van der Waals surface area (Å²) in [4.78, 5) is 11.3. The van der Waals surface area contributed by atoms with Gasteiger partial charge in [0.1, 0.15) is 6.61 Å². The number of halogens is 1. The highest BCUT2D eigenvalue weighted by Gasteiger charge is 2.42. The highest BCUT2D eigenvalue weighted by Crippen LogP contribution is 2.32. The quantitative estimate of drug-likeness (QED) is 0.814. The van der Waals surface area contributed by atoms with Gasteiger partial charge in [-0.05, 0) is 12.1 Å². The average Bonchev–Trinajstić information content (AvgIpc) is 2.94. The van der Waals surface area contributed by atoms with Crippen LogP contribution in [0.5, 0.6) is 11.5 Å². The summed E-state index contributed by atoms with van der Waals surface area (Å²) >= 11 is 7.22. The maximum Gasteiger partial charge on any atom is 0.181 e. The third-order valence-corrected chi connectivity index (χ3v) is 4.57. The first-order valence-electron chi connectivity index (χ1n) is 5.96. The van der Waals surface area contributed by atoms with Gasteiger partial charge in [0.05, 0.1) is 13.0 Å². The number of benzene rings is 1. The van der Waals surface area contributed by atoms with E-state index >= 15 is 0 Å². The summed E-state index contributed by atoms with van der Waals surface area (Å²) in [6.45, 7) is 1.02. The number of carbonyl (C=O) groups excluding carboxylic acids is 1. The molecule has 1 fully saturated rings. The zero-order chi connectivity index (χ0) is 13.7. The maximum absolute atomic E-state index is 12.0. The second kappa shape index (κ2) is 6.50. The van der Waals surface area contributed by atoms with Crippen molar-refractivity contribution in [3.05, 3.63) is 24.3 Å². The number of hydrogen-bond donors (Lipinski definition) is 1. The molecule has 1 aromatic carbocycles. The van der Waals surface area contributed by atoms with Crippen LogP contribution < -0.4 is 14.8 Å². The SMILES string of the molecule is COc1ccccc1OCC1(C(=O)CCl)NCCS1. The van der Waals surface area contributed by atoms with Gasteiger partial charge in [0, 0.05) is 12.3 Å². The Balaban J connectivity index is 2.09. The van der Waals surface area contributed by atoms with Gasteiger partial charge < -0.3 is 9.47 Å². The lowest BCUT2D eigenvalue weighted by Crippen LogP contribution is -2.50. The van der Waals surface area contributed by atoms with Crippen LogP contribution in [0.3, 0.4) is 0 Å². The van der Waals surface area contributed by atoms with E-state index in [2.05, 4.69) is 5.32 Å². The Morgan fingerprint density at radius 2 is 2.21 bits per heavy atom. The van der Waals surface area contributed by atoms with Crippen LogP contribution in [0.2, 0.25) is 0 Å². The molecule has 6 heteroatoms. The molecule has 19 heavy (non-hydrogen) atoms. The number of alkyl halides is 1. The first kappa shape index (κ1) is 14.5. The molecule has 1 aliphatic heterocycles. The Morgan fingerprint density at radius 3 is 2.79 bits per heavy atom. The summed E-state index contributed by atoms with van der Waals surface area (Å²) < 4.78 is 11.0. The molecule has 0 aromatic heterocycles. The van der Waals surface area contributed by atoms with Crippen molar-refractivity contribution in [2.24, 2.45) is 0 Å². The molecule has 0 radical (unpaired) electrons. The van der Waals surface area contributed by atoms with E-state index in [9.17, 15) is 4.79 Å². The lowest BCUT2D eigenvalue weighted by molar-refractivity contribution is -0.120. The number of carbonyl (C=O) groups is 1. The third kappa shape index (κ3) is 3.16. The normalized spacial score (nSPS) is 22.2. The zero-order valence-corrected chi connectivity index (χ0v) is 12.2. The number of ketones is 1. The van der Waals surface area contributed by atoms with Crippen molar-refractivity contribution in [1.29, 1.82) is 0 Å². The summed E-state index contributed by atoms with van der Waals surface area (Å²) in [5, 5.41) is 3.19. The summed E-state index contributed by atoms with van der Waals surface area (Å²) in [5.74, 6) is 2.08. The van der Waals surface area contributed by atoms with E-state index < -0.39 is 4.87 Å². The number of hydrogen-bond acceptors (Lipinski definition) is 5. The van der Waals surface area contributed by atoms with Crippen LogP contribution in [0.1, 0.15) is 0 Å². The molecular weight excluding hydrogens is 286 g/mol. The first-order valence-corrected chi connectivity index (χ1v) is 7.48. The van der Waals surface area contributed by atoms with E-state index in [1.807, 2.05) is 24.3 Å². The van der Waals surface area contributed by atoms with Crippen molar-refractivity contribution < 1.29 is 14.3 Å². The molecule has 1 saturated heterocycles. The Labute approximate surface area is 121 Å². The third-order valence-electron chi connectivity index (χ3n) is 2.93. The van der Waals surface area contributed by atoms with Crippen molar-refractivity contribution in [2.75, 3.05) is 31.9 Å². The van der Waals surface area contributed by atoms with Crippen LogP contribution in [-0.2, 0) is 4.79 Å². The van der Waals surface area contributed by atoms with E-state index in [0.717, 1.165) is 12.3 Å². The average molecular weight is 302 g/mol. The highest BCUT2D eigenvalue weighted by atomic mass is 35.5. The predicted molar refractivity (Wildman–Crippen MR) is 77.4 cm³/mol. The lowest BCUT2D eigenvalue weighted by Gasteiger charge is -2.26. The summed E-state index contributed by atoms with van der Waals surface area (Å²) in [5.41, 5.74) is 0. The standard InChI is InChI=1S/C13H16ClNO3S/c1-17-10-4-2-3-5-11(10)18-9-13(12(16)8-14)15-6-7-19-13/h2-5,15H,6-9H2,1H3. The summed E-state index contributed by atoms with van der Waals surface area (Å²) in [6.07, 6.45) is 0. The zero-order valence-electron chi connectivity index (χ0n) is 10.6. The number of rotatable bonds is 6. The predicted octanol–water partition coefficient (Wildman–Crippen LogP) is 1.91. The topological polar surface area (TPSA) is 47.6 Å². The fourth-order valence-corrected chi connectivity index (χ4v) is 3.35. The van der Waals surface area contributed by atoms with Gasteiger partial charge in [-0.25, -0.2) is 0 Å². The molecule has 1 atom stereocenters. The molecule has 0 saturated carbocycles. The van der Waals surface area contributed by atoms with Gasteiger partial charge in [-0.1, -0.05) is 12.1 Å². The smallest absolute Gasteiger partial charge is 0.181 e. The monoisotopic (exact) mass is 301 g/mol. The van der Waals surface area contributed by atoms with E-state index in [1.54, 1.807) is 18.9 Å². The molecule has 1 unspecified atom stereocenters. The van der Waals surface area contributed by atoms with Crippen LogP contribution in [0, 0.1) is 0 Å². The molecule has 1 N–H and O–H groups in total. The van der Waals surface area contributed by atoms with Crippen molar-refractivity contribution in [3.8, 4) is 11.5 Å². The maximum atomic E-state index is 12.0. The molecule has 0 bridgehead atoms. The van der Waals surface area contributed by atoms with Gasteiger partial charge in [-0.3, -0.25) is 10.1 Å². The number of Topliss-reactive ketones (excluding diaryl/α,β-unsaturated/α-hetero) is 1. The lowest BCUT2D eigenvalue weighted by atomic mass is 10.2. The van der Waals surface area contributed by atoms with Gasteiger partial charge >= 0.3 is 0 Å². The second-order valence-electron chi connectivity index (χ2n) is 4.10. The number of methoxy groups -OCH3 is 1. The summed E-state index contributed by atoms with van der Waals surface area (Å²) in [6, 6.07) is 7.37. The molecule has 1 aromatic rings. The highest BCUT2D eigenvalue weighted by molar-refractivity contribution is 8.01. The fourth-order valence-electron chi connectivity index (χ4n) is 1.91. The molecular formula is C13H16ClNO3S. The Morgan fingerprint density at radius 1 is 1.47 bits per heavy atom. The van der Waals surface area contributed by atoms with E-state index in [0.29, 0.717) is 11.5 Å². The van der Waals surface area contributed by atoms with Gasteiger partial charge in [-0.15, -0.1) is 23.4 Å². The molecule has 1 aliphatic rings. The van der Waals surface area contributed by atoms with Gasteiger partial charge in [-0.2, -0.15) is 0 Å². The van der Waals surface area contributed by atoms with Crippen molar-refractivity contribution >= 4 is 29.1 Å². The van der Waals surface area contributed by atoms with Crippen molar-refractivity contribution in [3.63, 3.8) is 0 Å². The molecule has 0 aliphatic carbocycles. The number of para-hydroxylation sites is 2. The van der Waals surface area contributed by atoms with Crippen LogP contribution >= 0.6 is 23.4 Å². The Hall–Kier alpha value is -0.910. The Kier molecular flexibility index (Phi) is 4.96.